The van der Waals surface area contributed by atoms with Crippen molar-refractivity contribution in [3.63, 3.8) is 0 Å². The van der Waals surface area contributed by atoms with E-state index in [2.05, 4.69) is 20.4 Å². The fourth-order valence-corrected chi connectivity index (χ4v) is 4.33. The van der Waals surface area contributed by atoms with E-state index < -0.39 is 16.4 Å². The van der Waals surface area contributed by atoms with E-state index in [0.29, 0.717) is 30.0 Å². The summed E-state index contributed by atoms with van der Waals surface area (Å²) < 4.78 is 41.5. The SMILES string of the molecule is NS(=O)(=O)OC[C@@H]1CC[C@H](Nc2ncncc2C(O)c2ccn(Cc3ccc(F)cc3)n2)C1. The average Bonchev–Trinajstić information content (AvgIpc) is 3.43. The molecule has 2 heterocycles. The van der Waals surface area contributed by atoms with Gasteiger partial charge >= 0.3 is 10.3 Å². The molecule has 1 unspecified atom stereocenters. The van der Waals surface area contributed by atoms with Gasteiger partial charge in [0.2, 0.25) is 0 Å². The molecule has 0 aliphatic heterocycles. The highest BCUT2D eigenvalue weighted by Crippen LogP contribution is 2.31. The van der Waals surface area contributed by atoms with Crippen molar-refractivity contribution in [2.45, 2.75) is 38.0 Å². The Hall–Kier alpha value is -2.93. The Kier molecular flexibility index (Phi) is 6.98. The zero-order valence-electron chi connectivity index (χ0n) is 17.7. The van der Waals surface area contributed by atoms with E-state index >= 15 is 0 Å². The third-order valence-electron chi connectivity index (χ3n) is 5.58. The highest BCUT2D eigenvalue weighted by molar-refractivity contribution is 7.84. The molecule has 4 N–H and O–H groups in total. The molecule has 176 valence electrons. The van der Waals surface area contributed by atoms with Gasteiger partial charge in [-0.3, -0.25) is 8.86 Å². The lowest BCUT2D eigenvalue weighted by molar-refractivity contribution is 0.214. The summed E-state index contributed by atoms with van der Waals surface area (Å²) in [6, 6.07) is 7.90. The first-order chi connectivity index (χ1) is 15.8. The molecule has 0 bridgehead atoms. The van der Waals surface area contributed by atoms with Crippen LogP contribution in [0.1, 0.15) is 42.2 Å². The second-order valence-electron chi connectivity index (χ2n) is 8.09. The van der Waals surface area contributed by atoms with Crippen LogP contribution in [-0.4, -0.2) is 45.9 Å². The predicted molar refractivity (Wildman–Crippen MR) is 118 cm³/mol. The number of hydrogen-bond donors (Lipinski definition) is 3. The minimum Gasteiger partial charge on any atom is -0.382 e. The predicted octanol–water partition coefficient (Wildman–Crippen LogP) is 1.74. The lowest BCUT2D eigenvalue weighted by Crippen LogP contribution is -2.22. The molecule has 1 aliphatic rings. The van der Waals surface area contributed by atoms with E-state index in [-0.39, 0.29) is 24.4 Å². The normalized spacial score (nSPS) is 19.5. The van der Waals surface area contributed by atoms with E-state index in [4.69, 9.17) is 9.32 Å². The van der Waals surface area contributed by atoms with Crippen LogP contribution in [0.5, 0.6) is 0 Å². The fraction of sp³-hybridized carbons (Fsp3) is 0.381. The maximum atomic E-state index is 13.1. The molecule has 4 rings (SSSR count). The van der Waals surface area contributed by atoms with Gasteiger partial charge in [0, 0.05) is 24.0 Å². The minimum absolute atomic E-state index is 0.0379. The molecule has 2 aromatic heterocycles. The van der Waals surface area contributed by atoms with Crippen LogP contribution in [0, 0.1) is 11.7 Å². The van der Waals surface area contributed by atoms with Gasteiger partial charge in [0.1, 0.15) is 24.1 Å². The standard InChI is InChI=1S/C21H25FN6O4S/c22-16-4-1-14(2-5-16)11-28-8-7-19(27-28)20(29)18-10-24-13-25-21(18)26-17-6-3-15(9-17)12-32-33(23,30)31/h1-2,4-5,7-8,10,13,15,17,20,29H,3,6,9,11-12H2,(H2,23,30,31)(H,24,25,26)/t15-,17+,20?/m1/s1. The van der Waals surface area contributed by atoms with Crippen molar-refractivity contribution in [1.29, 1.82) is 0 Å². The topological polar surface area (TPSA) is 145 Å². The number of aliphatic hydroxyl groups is 1. The molecule has 12 heteroatoms. The van der Waals surface area contributed by atoms with Crippen molar-refractivity contribution in [1.82, 2.24) is 19.7 Å². The molecule has 3 atom stereocenters. The summed E-state index contributed by atoms with van der Waals surface area (Å²) in [6.07, 6.45) is 5.88. The van der Waals surface area contributed by atoms with Gasteiger partial charge in [-0.05, 0) is 48.9 Å². The monoisotopic (exact) mass is 476 g/mol. The van der Waals surface area contributed by atoms with Crippen molar-refractivity contribution in [3.8, 4) is 0 Å². The fourth-order valence-electron chi connectivity index (χ4n) is 3.95. The molecule has 10 nitrogen and oxygen atoms in total. The zero-order valence-corrected chi connectivity index (χ0v) is 18.5. The summed E-state index contributed by atoms with van der Waals surface area (Å²) in [7, 11) is -3.96. The first-order valence-electron chi connectivity index (χ1n) is 10.5. The summed E-state index contributed by atoms with van der Waals surface area (Å²) in [4.78, 5) is 8.32. The number of hydrogen-bond acceptors (Lipinski definition) is 8. The first-order valence-corrected chi connectivity index (χ1v) is 11.9. The third-order valence-corrected chi connectivity index (χ3v) is 6.05. The second-order valence-corrected chi connectivity index (χ2v) is 9.31. The summed E-state index contributed by atoms with van der Waals surface area (Å²) >= 11 is 0. The molecule has 1 fully saturated rings. The van der Waals surface area contributed by atoms with Crippen molar-refractivity contribution >= 4 is 16.1 Å². The molecule has 1 aliphatic carbocycles. The van der Waals surface area contributed by atoms with Crippen molar-refractivity contribution < 1.29 is 22.1 Å². The van der Waals surface area contributed by atoms with Crippen LogP contribution in [-0.2, 0) is 21.0 Å². The summed E-state index contributed by atoms with van der Waals surface area (Å²) in [6.45, 7) is 0.481. The number of aliphatic hydroxyl groups excluding tert-OH is 1. The number of nitrogens with one attached hydrogen (secondary N) is 1. The smallest absolute Gasteiger partial charge is 0.333 e. The number of nitrogens with two attached hydrogens (primary N) is 1. The van der Waals surface area contributed by atoms with Gasteiger partial charge in [-0.15, -0.1) is 0 Å². The maximum Gasteiger partial charge on any atom is 0.333 e. The van der Waals surface area contributed by atoms with Crippen LogP contribution >= 0.6 is 0 Å². The molecule has 0 saturated heterocycles. The van der Waals surface area contributed by atoms with Gasteiger partial charge in [0.15, 0.2) is 0 Å². The van der Waals surface area contributed by atoms with Crippen LogP contribution in [0.15, 0.2) is 49.1 Å². The van der Waals surface area contributed by atoms with Gasteiger partial charge in [-0.1, -0.05) is 12.1 Å². The second kappa shape index (κ2) is 9.91. The van der Waals surface area contributed by atoms with Crippen LogP contribution < -0.4 is 10.5 Å². The largest absolute Gasteiger partial charge is 0.382 e. The molecular weight excluding hydrogens is 451 g/mol. The Bertz CT molecular complexity index is 1190. The highest BCUT2D eigenvalue weighted by Gasteiger charge is 2.28. The van der Waals surface area contributed by atoms with Gasteiger partial charge in [-0.2, -0.15) is 13.5 Å². The summed E-state index contributed by atoms with van der Waals surface area (Å²) in [5, 5.41) is 23.6. The van der Waals surface area contributed by atoms with E-state index in [1.165, 1.54) is 24.7 Å². The first kappa shape index (κ1) is 23.2. The van der Waals surface area contributed by atoms with Crippen LogP contribution in [0.4, 0.5) is 10.2 Å². The van der Waals surface area contributed by atoms with Gasteiger partial charge in [0.25, 0.3) is 0 Å². The Morgan fingerprint density at radius 3 is 2.82 bits per heavy atom. The number of benzene rings is 1. The maximum absolute atomic E-state index is 13.1. The molecule has 1 saturated carbocycles. The van der Waals surface area contributed by atoms with Crippen LogP contribution in [0.2, 0.25) is 0 Å². The quantitative estimate of drug-likeness (QED) is 0.423. The summed E-state index contributed by atoms with van der Waals surface area (Å²) in [5.74, 6) is 0.242. The molecule has 1 aromatic carbocycles. The van der Waals surface area contributed by atoms with E-state index in [1.807, 2.05) is 0 Å². The zero-order chi connectivity index (χ0) is 23.4. The third kappa shape index (κ3) is 6.32. The van der Waals surface area contributed by atoms with E-state index in [0.717, 1.165) is 18.4 Å². The lowest BCUT2D eigenvalue weighted by Gasteiger charge is -2.18. The van der Waals surface area contributed by atoms with E-state index in [9.17, 15) is 17.9 Å². The number of anilines is 1. The molecule has 3 aromatic rings. The number of rotatable bonds is 9. The van der Waals surface area contributed by atoms with Gasteiger partial charge < -0.3 is 10.4 Å². The number of nitrogens with zero attached hydrogens (tertiary/aromatic N) is 4. The minimum atomic E-state index is -3.96. The van der Waals surface area contributed by atoms with Gasteiger partial charge in [-0.25, -0.2) is 19.5 Å². The Morgan fingerprint density at radius 1 is 1.27 bits per heavy atom. The van der Waals surface area contributed by atoms with Gasteiger partial charge in [0.05, 0.1) is 18.8 Å². The molecule has 0 amide bonds. The molecule has 0 spiro atoms. The Labute approximate surface area is 190 Å². The highest BCUT2D eigenvalue weighted by atomic mass is 32.2. The summed E-state index contributed by atoms with van der Waals surface area (Å²) in [5.41, 5.74) is 1.79. The lowest BCUT2D eigenvalue weighted by atomic mass is 10.1. The molecular formula is C21H25FN6O4S. The molecule has 0 radical (unpaired) electrons. The van der Waals surface area contributed by atoms with Crippen LogP contribution in [0.3, 0.4) is 0 Å². The Morgan fingerprint density at radius 2 is 2.06 bits per heavy atom. The molecule has 33 heavy (non-hydrogen) atoms. The van der Waals surface area contributed by atoms with Crippen molar-refractivity contribution in [3.05, 3.63) is 71.7 Å². The Balaban J connectivity index is 1.41. The number of halogens is 1. The van der Waals surface area contributed by atoms with Crippen LogP contribution in [0.25, 0.3) is 0 Å². The average molecular weight is 477 g/mol. The number of aromatic nitrogens is 4. The van der Waals surface area contributed by atoms with E-state index in [1.54, 1.807) is 29.1 Å². The van der Waals surface area contributed by atoms with Crippen molar-refractivity contribution in [2.24, 2.45) is 11.1 Å². The van der Waals surface area contributed by atoms with Crippen molar-refractivity contribution in [2.75, 3.05) is 11.9 Å².